The summed E-state index contributed by atoms with van der Waals surface area (Å²) < 4.78 is 24.5. The number of aromatic nitrogens is 2. The van der Waals surface area contributed by atoms with Crippen LogP contribution in [0, 0.1) is 5.92 Å². The van der Waals surface area contributed by atoms with Crippen LogP contribution in [0.25, 0.3) is 0 Å². The Bertz CT molecular complexity index is 477. The first-order valence-corrected chi connectivity index (χ1v) is 7.40. The predicted octanol–water partition coefficient (Wildman–Crippen LogP) is 1.70. The highest BCUT2D eigenvalue weighted by atomic mass is 32.2. The van der Waals surface area contributed by atoms with E-state index in [1.54, 1.807) is 0 Å². The van der Waals surface area contributed by atoms with E-state index in [-0.39, 0.29) is 10.9 Å². The number of hydrogen-bond acceptors (Lipinski definition) is 3. The fourth-order valence-electron chi connectivity index (χ4n) is 1.61. The van der Waals surface area contributed by atoms with Gasteiger partial charge in [-0.05, 0) is 5.92 Å². The molecule has 17 heavy (non-hydrogen) atoms. The minimum absolute atomic E-state index is 0.0375. The molecule has 0 aromatic carbocycles. The zero-order chi connectivity index (χ0) is 13.2. The first-order chi connectivity index (χ1) is 7.75. The third-order valence-electron chi connectivity index (χ3n) is 2.80. The zero-order valence-corrected chi connectivity index (χ0v) is 11.7. The lowest BCUT2D eigenvalue weighted by Gasteiger charge is -2.13. The lowest BCUT2D eigenvalue weighted by Crippen LogP contribution is -2.12. The number of sulfonamides is 1. The Balaban J connectivity index is 3.15. The summed E-state index contributed by atoms with van der Waals surface area (Å²) in [5, 5.41) is 5.06. The number of nitrogens with zero attached hydrogens (tertiary/aromatic N) is 2. The smallest absolute Gasteiger partial charge is 0.257 e. The molecule has 0 saturated carbocycles. The molecule has 5 nitrogen and oxygen atoms in total. The maximum atomic E-state index is 11.3. The van der Waals surface area contributed by atoms with E-state index in [0.717, 1.165) is 18.8 Å². The SMILES string of the molecule is CCC(C)Cn1cc(S(N)(=O)=O)nc1C(C)C. The van der Waals surface area contributed by atoms with E-state index in [4.69, 9.17) is 5.14 Å². The molecule has 0 aliphatic rings. The molecule has 1 rings (SSSR count). The minimum atomic E-state index is -3.71. The van der Waals surface area contributed by atoms with Crippen molar-refractivity contribution in [3.8, 4) is 0 Å². The summed E-state index contributed by atoms with van der Waals surface area (Å²) in [4.78, 5) is 4.12. The zero-order valence-electron chi connectivity index (χ0n) is 10.8. The lowest BCUT2D eigenvalue weighted by molar-refractivity contribution is 0.452. The molecule has 0 aliphatic heterocycles. The third-order valence-corrected chi connectivity index (χ3v) is 3.58. The molecule has 0 aliphatic carbocycles. The summed E-state index contributed by atoms with van der Waals surface area (Å²) in [7, 11) is -3.71. The first kappa shape index (κ1) is 14.2. The number of rotatable bonds is 5. The quantitative estimate of drug-likeness (QED) is 0.874. The summed E-state index contributed by atoms with van der Waals surface area (Å²) >= 11 is 0. The standard InChI is InChI=1S/C11H21N3O2S/c1-5-9(4)6-14-7-10(17(12,15)16)13-11(14)8(2)3/h7-9H,5-6H2,1-4H3,(H2,12,15,16). The summed E-state index contributed by atoms with van der Waals surface area (Å²) in [6.07, 6.45) is 2.58. The van der Waals surface area contributed by atoms with Crippen LogP contribution in [-0.2, 0) is 16.6 Å². The van der Waals surface area contributed by atoms with Crippen molar-refractivity contribution >= 4 is 10.0 Å². The highest BCUT2D eigenvalue weighted by Gasteiger charge is 2.18. The average Bonchev–Trinajstić information content (AvgIpc) is 2.61. The molecule has 1 unspecified atom stereocenters. The van der Waals surface area contributed by atoms with E-state index < -0.39 is 10.0 Å². The second-order valence-electron chi connectivity index (χ2n) is 4.80. The van der Waals surface area contributed by atoms with E-state index in [1.807, 2.05) is 18.4 Å². The molecule has 1 aromatic heterocycles. The highest BCUT2D eigenvalue weighted by Crippen LogP contribution is 2.18. The molecule has 0 amide bonds. The van der Waals surface area contributed by atoms with Gasteiger partial charge in [0.1, 0.15) is 5.82 Å². The van der Waals surface area contributed by atoms with Gasteiger partial charge in [-0.3, -0.25) is 0 Å². The van der Waals surface area contributed by atoms with Crippen LogP contribution in [0.2, 0.25) is 0 Å². The van der Waals surface area contributed by atoms with Crippen LogP contribution in [-0.4, -0.2) is 18.0 Å². The fourth-order valence-corrected chi connectivity index (χ4v) is 2.11. The van der Waals surface area contributed by atoms with Crippen LogP contribution in [0.15, 0.2) is 11.2 Å². The molecule has 98 valence electrons. The van der Waals surface area contributed by atoms with Gasteiger partial charge >= 0.3 is 0 Å². The van der Waals surface area contributed by atoms with Gasteiger partial charge in [0.2, 0.25) is 0 Å². The Morgan fingerprint density at radius 2 is 2.00 bits per heavy atom. The van der Waals surface area contributed by atoms with Crippen molar-refractivity contribution in [1.29, 1.82) is 0 Å². The monoisotopic (exact) mass is 259 g/mol. The van der Waals surface area contributed by atoms with Gasteiger partial charge in [0.15, 0.2) is 5.03 Å². The maximum absolute atomic E-state index is 11.3. The van der Waals surface area contributed by atoms with E-state index in [2.05, 4.69) is 18.8 Å². The Morgan fingerprint density at radius 1 is 1.41 bits per heavy atom. The summed E-state index contributed by atoms with van der Waals surface area (Å²) in [5.41, 5.74) is 0. The predicted molar refractivity (Wildman–Crippen MR) is 67.1 cm³/mol. The van der Waals surface area contributed by atoms with Gasteiger partial charge in [0.25, 0.3) is 10.0 Å². The van der Waals surface area contributed by atoms with E-state index in [9.17, 15) is 8.42 Å². The van der Waals surface area contributed by atoms with Gasteiger partial charge in [-0.1, -0.05) is 34.1 Å². The van der Waals surface area contributed by atoms with Crippen LogP contribution >= 0.6 is 0 Å². The molecule has 0 radical (unpaired) electrons. The lowest BCUT2D eigenvalue weighted by atomic mass is 10.1. The van der Waals surface area contributed by atoms with Gasteiger partial charge in [-0.15, -0.1) is 0 Å². The van der Waals surface area contributed by atoms with E-state index in [0.29, 0.717) is 5.92 Å². The number of nitrogens with two attached hydrogens (primary N) is 1. The largest absolute Gasteiger partial charge is 0.333 e. The van der Waals surface area contributed by atoms with Gasteiger partial charge in [0, 0.05) is 18.7 Å². The molecule has 2 N–H and O–H groups in total. The molecule has 1 heterocycles. The molecule has 1 atom stereocenters. The fraction of sp³-hybridized carbons (Fsp3) is 0.727. The first-order valence-electron chi connectivity index (χ1n) is 5.85. The van der Waals surface area contributed by atoms with Gasteiger partial charge in [-0.2, -0.15) is 0 Å². The van der Waals surface area contributed by atoms with Crippen molar-refractivity contribution < 1.29 is 8.42 Å². The summed E-state index contributed by atoms with van der Waals surface area (Å²) in [6.45, 7) is 8.98. The topological polar surface area (TPSA) is 78.0 Å². The molecule has 1 aromatic rings. The summed E-state index contributed by atoms with van der Waals surface area (Å²) in [5.74, 6) is 1.43. The van der Waals surface area contributed by atoms with E-state index >= 15 is 0 Å². The molecule has 6 heteroatoms. The van der Waals surface area contributed by atoms with Gasteiger partial charge in [0.05, 0.1) is 0 Å². The Hall–Kier alpha value is -0.880. The van der Waals surface area contributed by atoms with Crippen LogP contribution in [0.1, 0.15) is 45.9 Å². The second-order valence-corrected chi connectivity index (χ2v) is 6.31. The van der Waals surface area contributed by atoms with Crippen molar-refractivity contribution in [2.75, 3.05) is 0 Å². The van der Waals surface area contributed by atoms with Crippen LogP contribution in [0.3, 0.4) is 0 Å². The van der Waals surface area contributed by atoms with Crippen molar-refractivity contribution in [3.63, 3.8) is 0 Å². The molecule has 0 saturated heterocycles. The molecule has 0 spiro atoms. The van der Waals surface area contributed by atoms with Crippen LogP contribution in [0.4, 0.5) is 0 Å². The van der Waals surface area contributed by atoms with Crippen molar-refractivity contribution in [2.45, 2.75) is 51.6 Å². The number of primary sulfonamides is 1. The normalized spacial score (nSPS) is 14.2. The van der Waals surface area contributed by atoms with Crippen LogP contribution in [0.5, 0.6) is 0 Å². The second kappa shape index (κ2) is 5.18. The van der Waals surface area contributed by atoms with Gasteiger partial charge in [-0.25, -0.2) is 18.5 Å². The highest BCUT2D eigenvalue weighted by molar-refractivity contribution is 7.89. The van der Waals surface area contributed by atoms with E-state index in [1.165, 1.54) is 6.20 Å². The van der Waals surface area contributed by atoms with Crippen molar-refractivity contribution in [2.24, 2.45) is 11.1 Å². The van der Waals surface area contributed by atoms with Crippen LogP contribution < -0.4 is 5.14 Å². The Labute approximate surface area is 103 Å². The molecule has 0 bridgehead atoms. The maximum Gasteiger partial charge on any atom is 0.257 e. The third kappa shape index (κ3) is 3.54. The molecular formula is C11H21N3O2S. The average molecular weight is 259 g/mol. The number of hydrogen-bond donors (Lipinski definition) is 1. The van der Waals surface area contributed by atoms with Crippen molar-refractivity contribution in [3.05, 3.63) is 12.0 Å². The minimum Gasteiger partial charge on any atom is -0.333 e. The van der Waals surface area contributed by atoms with Gasteiger partial charge < -0.3 is 4.57 Å². The molecular weight excluding hydrogens is 238 g/mol. The number of imidazole rings is 1. The Kier molecular flexibility index (Phi) is 4.32. The Morgan fingerprint density at radius 3 is 2.41 bits per heavy atom. The summed E-state index contributed by atoms with van der Waals surface area (Å²) in [6, 6.07) is 0. The van der Waals surface area contributed by atoms with Crippen molar-refractivity contribution in [1.82, 2.24) is 9.55 Å². The molecule has 0 fully saturated rings.